The molecular formula is C30H35N7O4. The van der Waals surface area contributed by atoms with Gasteiger partial charge in [-0.1, -0.05) is 36.9 Å². The standard InChI is InChI=1S/C30H35N7O4/c1-3-30(38)34-23-15-24(27(39-2)16-26(23)36-12-10-35(11-13-36)22-18-40-19-22)33-28-17-29(32-20-31-28)37-25(9-14-41-37)21-7-5-4-6-8-21/h3-8,15-17,20,22,25H,1,9-14,18-19H2,2H3,(H,34,38)(H,31,32,33)/t25-/m1/s1. The number of aromatic nitrogens is 2. The van der Waals surface area contributed by atoms with E-state index in [9.17, 15) is 4.79 Å². The Balaban J connectivity index is 1.25. The van der Waals surface area contributed by atoms with Crippen LogP contribution in [0.1, 0.15) is 18.0 Å². The van der Waals surface area contributed by atoms with Crippen molar-refractivity contribution in [2.45, 2.75) is 18.5 Å². The molecule has 1 atom stereocenters. The van der Waals surface area contributed by atoms with Crippen molar-refractivity contribution in [2.75, 3.05) is 73.7 Å². The summed E-state index contributed by atoms with van der Waals surface area (Å²) in [6.07, 6.45) is 3.64. The Morgan fingerprint density at radius 1 is 1.07 bits per heavy atom. The van der Waals surface area contributed by atoms with Gasteiger partial charge in [0.25, 0.3) is 0 Å². The maximum atomic E-state index is 12.4. The lowest BCUT2D eigenvalue weighted by Crippen LogP contribution is -2.56. The van der Waals surface area contributed by atoms with Crippen LogP contribution in [0, 0.1) is 0 Å². The van der Waals surface area contributed by atoms with Crippen molar-refractivity contribution in [3.05, 3.63) is 73.1 Å². The molecule has 0 radical (unpaired) electrons. The zero-order valence-corrected chi connectivity index (χ0v) is 23.2. The molecule has 1 aromatic heterocycles. The van der Waals surface area contributed by atoms with Gasteiger partial charge in [0.15, 0.2) is 5.82 Å². The van der Waals surface area contributed by atoms with Gasteiger partial charge in [-0.15, -0.1) is 0 Å². The van der Waals surface area contributed by atoms with Gasteiger partial charge in [0.2, 0.25) is 5.91 Å². The van der Waals surface area contributed by atoms with Gasteiger partial charge in [0, 0.05) is 44.7 Å². The Hall–Kier alpha value is -4.19. The van der Waals surface area contributed by atoms with E-state index < -0.39 is 0 Å². The van der Waals surface area contributed by atoms with Gasteiger partial charge in [-0.3, -0.25) is 14.5 Å². The number of methoxy groups -OCH3 is 1. The maximum absolute atomic E-state index is 12.4. The summed E-state index contributed by atoms with van der Waals surface area (Å²) in [5.41, 5.74) is 3.39. The second-order valence-corrected chi connectivity index (χ2v) is 10.2. The number of nitrogens with one attached hydrogen (secondary N) is 2. The van der Waals surface area contributed by atoms with Crippen LogP contribution < -0.4 is 25.3 Å². The van der Waals surface area contributed by atoms with E-state index in [0.717, 1.165) is 51.5 Å². The molecule has 3 aliphatic heterocycles. The van der Waals surface area contributed by atoms with Gasteiger partial charge >= 0.3 is 0 Å². The molecule has 3 aromatic rings. The fourth-order valence-electron chi connectivity index (χ4n) is 5.49. The first-order valence-electron chi connectivity index (χ1n) is 13.9. The molecule has 11 heteroatoms. The number of carbonyl (C=O) groups excluding carboxylic acids is 1. The Morgan fingerprint density at radius 3 is 2.59 bits per heavy atom. The van der Waals surface area contributed by atoms with Crippen molar-refractivity contribution >= 4 is 34.6 Å². The van der Waals surface area contributed by atoms with Gasteiger partial charge in [0.1, 0.15) is 17.9 Å². The lowest BCUT2D eigenvalue weighted by Gasteiger charge is -2.43. The zero-order chi connectivity index (χ0) is 28.2. The number of hydrogen-bond donors (Lipinski definition) is 2. The largest absolute Gasteiger partial charge is 0.494 e. The van der Waals surface area contributed by atoms with E-state index in [2.05, 4.69) is 49.1 Å². The highest BCUT2D eigenvalue weighted by molar-refractivity contribution is 6.02. The van der Waals surface area contributed by atoms with Crippen molar-refractivity contribution in [3.63, 3.8) is 0 Å². The average Bonchev–Trinajstić information content (AvgIpc) is 3.48. The molecule has 3 saturated heterocycles. The number of hydroxylamine groups is 1. The van der Waals surface area contributed by atoms with E-state index >= 15 is 0 Å². The number of carbonyl (C=O) groups is 1. The molecule has 1 amide bonds. The molecule has 3 aliphatic rings. The first kappa shape index (κ1) is 27.0. The fourth-order valence-corrected chi connectivity index (χ4v) is 5.49. The van der Waals surface area contributed by atoms with Crippen LogP contribution in [0.3, 0.4) is 0 Å². The van der Waals surface area contributed by atoms with Crippen molar-refractivity contribution in [3.8, 4) is 5.75 Å². The lowest BCUT2D eigenvalue weighted by molar-refractivity contribution is -0.111. The molecule has 11 nitrogen and oxygen atoms in total. The van der Waals surface area contributed by atoms with Crippen LogP contribution in [0.5, 0.6) is 5.75 Å². The molecule has 2 N–H and O–H groups in total. The van der Waals surface area contributed by atoms with E-state index in [-0.39, 0.29) is 11.9 Å². The number of piperazine rings is 1. The third-order valence-electron chi connectivity index (χ3n) is 7.78. The molecule has 41 heavy (non-hydrogen) atoms. The Morgan fingerprint density at radius 2 is 1.88 bits per heavy atom. The number of hydrogen-bond acceptors (Lipinski definition) is 10. The second kappa shape index (κ2) is 12.1. The van der Waals surface area contributed by atoms with E-state index in [1.165, 1.54) is 18.0 Å². The molecule has 0 unspecified atom stereocenters. The third kappa shape index (κ3) is 5.83. The molecule has 214 valence electrons. The Bertz CT molecular complexity index is 1380. The highest BCUT2D eigenvalue weighted by Crippen LogP contribution is 2.40. The first-order valence-corrected chi connectivity index (χ1v) is 13.9. The minimum Gasteiger partial charge on any atom is -0.494 e. The Labute approximate surface area is 239 Å². The van der Waals surface area contributed by atoms with Crippen molar-refractivity contribution in [1.82, 2.24) is 14.9 Å². The smallest absolute Gasteiger partial charge is 0.247 e. The summed E-state index contributed by atoms with van der Waals surface area (Å²) in [6, 6.07) is 16.5. The summed E-state index contributed by atoms with van der Waals surface area (Å²) < 4.78 is 11.2. The van der Waals surface area contributed by atoms with E-state index in [0.29, 0.717) is 41.4 Å². The summed E-state index contributed by atoms with van der Waals surface area (Å²) in [5, 5.41) is 8.19. The quantitative estimate of drug-likeness (QED) is 0.378. The van der Waals surface area contributed by atoms with E-state index in [1.54, 1.807) is 7.11 Å². The molecule has 3 fully saturated rings. The number of rotatable bonds is 9. The van der Waals surface area contributed by atoms with Crippen LogP contribution in [0.15, 0.2) is 67.5 Å². The van der Waals surface area contributed by atoms with Gasteiger partial charge < -0.3 is 25.0 Å². The monoisotopic (exact) mass is 557 g/mol. The van der Waals surface area contributed by atoms with E-state index in [1.807, 2.05) is 41.5 Å². The van der Waals surface area contributed by atoms with Crippen LogP contribution in [0.2, 0.25) is 0 Å². The minimum atomic E-state index is -0.282. The summed E-state index contributed by atoms with van der Waals surface area (Å²) >= 11 is 0. The normalized spacial score (nSPS) is 19.5. The summed E-state index contributed by atoms with van der Waals surface area (Å²) in [4.78, 5) is 32.0. The number of anilines is 5. The molecule has 0 spiro atoms. The van der Waals surface area contributed by atoms with Gasteiger partial charge in [-0.05, 0) is 17.7 Å². The summed E-state index contributed by atoms with van der Waals surface area (Å²) in [7, 11) is 1.63. The van der Waals surface area contributed by atoms with Crippen LogP contribution in [0.4, 0.5) is 28.7 Å². The predicted octanol–water partition coefficient (Wildman–Crippen LogP) is 3.76. The molecule has 2 aromatic carbocycles. The minimum absolute atomic E-state index is 0.0609. The van der Waals surface area contributed by atoms with Gasteiger partial charge in [-0.25, -0.2) is 15.0 Å². The highest BCUT2D eigenvalue weighted by Gasteiger charge is 2.31. The predicted molar refractivity (Wildman–Crippen MR) is 158 cm³/mol. The Kier molecular flexibility index (Phi) is 7.99. The SMILES string of the molecule is C=CC(=O)Nc1cc(Nc2cc(N3OCC[C@@H]3c3ccccc3)ncn2)c(OC)cc1N1CCN(C2COC2)CC1. The second-order valence-electron chi connectivity index (χ2n) is 10.2. The topological polar surface area (TPSA) is 104 Å². The average molecular weight is 558 g/mol. The molecule has 6 rings (SSSR count). The fraction of sp³-hybridized carbons (Fsp3) is 0.367. The zero-order valence-electron chi connectivity index (χ0n) is 23.2. The number of amides is 1. The number of benzene rings is 2. The molecular weight excluding hydrogens is 522 g/mol. The van der Waals surface area contributed by atoms with Crippen molar-refractivity contribution in [2.24, 2.45) is 0 Å². The summed E-state index contributed by atoms with van der Waals surface area (Å²) in [5.74, 6) is 1.57. The molecule has 0 saturated carbocycles. The highest BCUT2D eigenvalue weighted by atomic mass is 16.7. The van der Waals surface area contributed by atoms with Crippen LogP contribution in [-0.2, 0) is 14.4 Å². The first-order chi connectivity index (χ1) is 20.1. The van der Waals surface area contributed by atoms with E-state index in [4.69, 9.17) is 14.3 Å². The van der Waals surface area contributed by atoms with Gasteiger partial charge in [0.05, 0.1) is 56.1 Å². The molecule has 4 heterocycles. The molecule has 0 aliphatic carbocycles. The third-order valence-corrected chi connectivity index (χ3v) is 7.78. The van der Waals surface area contributed by atoms with Gasteiger partial charge in [-0.2, -0.15) is 0 Å². The number of nitrogens with zero attached hydrogens (tertiary/aromatic N) is 5. The van der Waals surface area contributed by atoms with Crippen LogP contribution >= 0.6 is 0 Å². The number of ether oxygens (including phenoxy) is 2. The molecule has 0 bridgehead atoms. The lowest BCUT2D eigenvalue weighted by atomic mass is 10.0. The van der Waals surface area contributed by atoms with Crippen molar-refractivity contribution in [1.29, 1.82) is 0 Å². The maximum Gasteiger partial charge on any atom is 0.247 e. The van der Waals surface area contributed by atoms with Crippen molar-refractivity contribution < 1.29 is 19.1 Å². The van der Waals surface area contributed by atoms with Crippen LogP contribution in [0.25, 0.3) is 0 Å². The van der Waals surface area contributed by atoms with Crippen LogP contribution in [-0.4, -0.2) is 79.9 Å². The summed E-state index contributed by atoms with van der Waals surface area (Å²) in [6.45, 7) is 9.35.